The molecule has 1 unspecified atom stereocenters. The molecule has 0 saturated heterocycles. The third kappa shape index (κ3) is 4.46. The van der Waals surface area contributed by atoms with Crippen LogP contribution in [-0.4, -0.2) is 30.8 Å². The van der Waals surface area contributed by atoms with E-state index >= 15 is 0 Å². The lowest BCUT2D eigenvalue weighted by Gasteiger charge is -2.25. The molecule has 0 radical (unpaired) electrons. The van der Waals surface area contributed by atoms with E-state index < -0.39 is 19.2 Å². The van der Waals surface area contributed by atoms with Gasteiger partial charge in [0.25, 0.3) is 0 Å². The van der Waals surface area contributed by atoms with Crippen molar-refractivity contribution in [2.75, 3.05) is 19.8 Å². The molecular formula is C16H28NO5P. The van der Waals surface area contributed by atoms with Gasteiger partial charge >= 0.3 is 13.6 Å². The summed E-state index contributed by atoms with van der Waals surface area (Å²) in [5.41, 5.74) is 1.56. The smallest absolute Gasteiger partial charge is 0.350 e. The minimum atomic E-state index is -3.68. The number of hydrogen-bond acceptors (Lipinski definition) is 5. The van der Waals surface area contributed by atoms with Gasteiger partial charge in [0.05, 0.1) is 19.8 Å². The van der Waals surface area contributed by atoms with Crippen molar-refractivity contribution in [3.05, 3.63) is 23.0 Å². The first-order chi connectivity index (χ1) is 11.0. The highest BCUT2D eigenvalue weighted by molar-refractivity contribution is 7.55. The molecule has 1 aromatic heterocycles. The molecule has 0 aliphatic carbocycles. The topological polar surface area (TPSA) is 77.6 Å². The second-order valence-corrected chi connectivity index (χ2v) is 7.06. The van der Waals surface area contributed by atoms with Gasteiger partial charge in [-0.3, -0.25) is 9.36 Å². The van der Waals surface area contributed by atoms with E-state index in [0.29, 0.717) is 5.69 Å². The van der Waals surface area contributed by atoms with Gasteiger partial charge < -0.3 is 18.8 Å². The SMILES string of the molecule is CCOC(=O)C(c1[nH]cc(CC)c1CC)P(=O)(OCC)OCC. The molecule has 0 saturated carbocycles. The van der Waals surface area contributed by atoms with E-state index in [1.165, 1.54) is 0 Å². The monoisotopic (exact) mass is 345 g/mol. The molecule has 6 nitrogen and oxygen atoms in total. The summed E-state index contributed by atoms with van der Waals surface area (Å²) in [6.07, 6.45) is 3.39. The van der Waals surface area contributed by atoms with Crippen LogP contribution in [-0.2, 0) is 36.0 Å². The van der Waals surface area contributed by atoms with Crippen molar-refractivity contribution < 1.29 is 23.1 Å². The molecule has 132 valence electrons. The highest BCUT2D eigenvalue weighted by Crippen LogP contribution is 2.61. The van der Waals surface area contributed by atoms with Crippen molar-refractivity contribution >= 4 is 13.6 Å². The van der Waals surface area contributed by atoms with Gasteiger partial charge in [-0.25, -0.2) is 0 Å². The Morgan fingerprint density at radius 1 is 1.09 bits per heavy atom. The van der Waals surface area contributed by atoms with E-state index in [4.69, 9.17) is 13.8 Å². The molecule has 1 N–H and O–H groups in total. The maximum absolute atomic E-state index is 13.2. The zero-order chi connectivity index (χ0) is 17.5. The number of hydrogen-bond donors (Lipinski definition) is 1. The van der Waals surface area contributed by atoms with Crippen molar-refractivity contribution in [2.24, 2.45) is 0 Å². The molecule has 0 aliphatic rings. The summed E-state index contributed by atoms with van der Waals surface area (Å²) in [7, 11) is -3.68. The number of ether oxygens (including phenoxy) is 1. The molecule has 23 heavy (non-hydrogen) atoms. The Morgan fingerprint density at radius 2 is 1.70 bits per heavy atom. The van der Waals surface area contributed by atoms with Crippen LogP contribution in [0, 0.1) is 0 Å². The molecule has 0 spiro atoms. The Bertz CT molecular complexity index is 545. The van der Waals surface area contributed by atoms with Crippen LogP contribution in [0.5, 0.6) is 0 Å². The summed E-state index contributed by atoms with van der Waals surface area (Å²) in [4.78, 5) is 15.6. The first-order valence-corrected chi connectivity index (χ1v) is 9.84. The van der Waals surface area contributed by atoms with Crippen LogP contribution in [0.4, 0.5) is 0 Å². The fraction of sp³-hybridized carbons (Fsp3) is 0.688. The third-order valence-corrected chi connectivity index (χ3v) is 5.90. The Morgan fingerprint density at radius 3 is 2.13 bits per heavy atom. The Kier molecular flexibility index (Phi) is 8.03. The van der Waals surface area contributed by atoms with Crippen LogP contribution in [0.15, 0.2) is 6.20 Å². The minimum absolute atomic E-state index is 0.190. The van der Waals surface area contributed by atoms with Crippen molar-refractivity contribution in [3.63, 3.8) is 0 Å². The molecule has 7 heteroatoms. The summed E-state index contributed by atoms with van der Waals surface area (Å²) in [6.45, 7) is 9.79. The molecule has 1 rings (SSSR count). The largest absolute Gasteiger partial charge is 0.465 e. The van der Waals surface area contributed by atoms with Crippen molar-refractivity contribution in [1.82, 2.24) is 4.98 Å². The van der Waals surface area contributed by atoms with Crippen LogP contribution in [0.25, 0.3) is 0 Å². The summed E-state index contributed by atoms with van der Waals surface area (Å²) in [5, 5.41) is 0. The number of rotatable bonds is 10. The number of nitrogens with one attached hydrogen (secondary N) is 1. The van der Waals surface area contributed by atoms with Gasteiger partial charge in [-0.1, -0.05) is 13.8 Å². The normalized spacial score (nSPS) is 13.1. The number of H-pyrrole nitrogens is 1. The lowest BCUT2D eigenvalue weighted by Crippen LogP contribution is -2.20. The van der Waals surface area contributed by atoms with Gasteiger partial charge in [0, 0.05) is 11.9 Å². The molecule has 1 heterocycles. The zero-order valence-electron chi connectivity index (χ0n) is 14.7. The third-order valence-electron chi connectivity index (χ3n) is 3.57. The molecule has 1 atom stereocenters. The van der Waals surface area contributed by atoms with E-state index in [-0.39, 0.29) is 19.8 Å². The quantitative estimate of drug-likeness (QED) is 0.512. The zero-order valence-corrected chi connectivity index (χ0v) is 15.6. The van der Waals surface area contributed by atoms with Gasteiger partial charge in [0.15, 0.2) is 5.66 Å². The lowest BCUT2D eigenvalue weighted by molar-refractivity contribution is -0.143. The number of carbonyl (C=O) groups excluding carboxylic acids is 1. The molecule has 0 aromatic carbocycles. The van der Waals surface area contributed by atoms with E-state index in [2.05, 4.69) is 4.98 Å². The Labute approximate surface area is 138 Å². The maximum atomic E-state index is 13.2. The number of aryl methyl sites for hydroxylation is 1. The number of aromatic amines is 1. The van der Waals surface area contributed by atoms with E-state index in [1.807, 2.05) is 20.0 Å². The van der Waals surface area contributed by atoms with Gasteiger partial charge in [-0.15, -0.1) is 0 Å². The predicted octanol–water partition coefficient (Wildman–Crippen LogP) is 4.01. The average molecular weight is 345 g/mol. The first-order valence-electron chi connectivity index (χ1n) is 8.23. The molecule has 0 bridgehead atoms. The van der Waals surface area contributed by atoms with Crippen LogP contribution < -0.4 is 0 Å². The summed E-state index contributed by atoms with van der Waals surface area (Å²) >= 11 is 0. The highest BCUT2D eigenvalue weighted by atomic mass is 31.2. The predicted molar refractivity (Wildman–Crippen MR) is 89.8 cm³/mol. The molecule has 0 aliphatic heterocycles. The van der Waals surface area contributed by atoms with Crippen molar-refractivity contribution in [1.29, 1.82) is 0 Å². The fourth-order valence-electron chi connectivity index (χ4n) is 2.66. The van der Waals surface area contributed by atoms with Gasteiger partial charge in [-0.2, -0.15) is 0 Å². The summed E-state index contributed by atoms with van der Waals surface area (Å²) in [5.74, 6) is -0.586. The number of carbonyl (C=O) groups is 1. The minimum Gasteiger partial charge on any atom is -0.465 e. The summed E-state index contributed by atoms with van der Waals surface area (Å²) in [6, 6.07) is 0. The van der Waals surface area contributed by atoms with E-state index in [0.717, 1.165) is 24.0 Å². The Hall–Kier alpha value is -1.10. The molecule has 0 fully saturated rings. The summed E-state index contributed by atoms with van der Waals surface area (Å²) < 4.78 is 29.2. The van der Waals surface area contributed by atoms with Crippen molar-refractivity contribution in [2.45, 2.75) is 53.1 Å². The van der Waals surface area contributed by atoms with E-state index in [1.54, 1.807) is 20.8 Å². The average Bonchev–Trinajstić information content (AvgIpc) is 2.90. The van der Waals surface area contributed by atoms with Crippen LogP contribution in [0.3, 0.4) is 0 Å². The van der Waals surface area contributed by atoms with Crippen LogP contribution in [0.1, 0.15) is 57.1 Å². The molecule has 1 aromatic rings. The lowest BCUT2D eigenvalue weighted by atomic mass is 10.0. The van der Waals surface area contributed by atoms with Gasteiger partial charge in [-0.05, 0) is 44.7 Å². The highest BCUT2D eigenvalue weighted by Gasteiger charge is 2.45. The van der Waals surface area contributed by atoms with Crippen LogP contribution >= 0.6 is 7.60 Å². The Balaban J connectivity index is 3.43. The fourth-order valence-corrected chi connectivity index (χ4v) is 4.63. The maximum Gasteiger partial charge on any atom is 0.350 e. The first kappa shape index (κ1) is 19.9. The standard InChI is InChI=1S/C16H28NO5P/c1-6-12-11-17-14(13(12)7-2)15(16(18)20-8-3)23(19,21-9-4)22-10-5/h11,15,17H,6-10H2,1-5H3. The molecular weight excluding hydrogens is 317 g/mol. The van der Waals surface area contributed by atoms with Gasteiger partial charge in [0.2, 0.25) is 0 Å². The van der Waals surface area contributed by atoms with Gasteiger partial charge in [0.1, 0.15) is 0 Å². The second-order valence-electron chi connectivity index (χ2n) is 4.94. The molecule has 0 amide bonds. The van der Waals surface area contributed by atoms with E-state index in [9.17, 15) is 9.36 Å². The van der Waals surface area contributed by atoms with Crippen molar-refractivity contribution in [3.8, 4) is 0 Å². The van der Waals surface area contributed by atoms with Crippen LogP contribution in [0.2, 0.25) is 0 Å². The second kappa shape index (κ2) is 9.26. The number of esters is 1. The number of aromatic nitrogens is 1.